The molecule has 3 rings (SSSR count). The standard InChI is InChI=1S/C16H18N2O2S/c19-16(20-13-6-8-17-9-7-13)18-15-11-21-10-14(15)12-4-2-1-3-5-12/h1-5,10-11,13,17H,6-9H2,(H,18,19). The molecule has 0 aliphatic carbocycles. The number of hydrogen-bond donors (Lipinski definition) is 2. The fraction of sp³-hybridized carbons (Fsp3) is 0.312. The molecule has 1 aromatic heterocycles. The van der Waals surface area contributed by atoms with E-state index in [-0.39, 0.29) is 12.2 Å². The topological polar surface area (TPSA) is 50.4 Å². The third kappa shape index (κ3) is 3.62. The lowest BCUT2D eigenvalue weighted by Crippen LogP contribution is -2.34. The zero-order valence-corrected chi connectivity index (χ0v) is 12.5. The first-order valence-corrected chi connectivity index (χ1v) is 8.07. The van der Waals surface area contributed by atoms with Crippen molar-refractivity contribution >= 4 is 23.1 Å². The summed E-state index contributed by atoms with van der Waals surface area (Å²) in [6.07, 6.45) is 1.41. The quantitative estimate of drug-likeness (QED) is 0.908. The average molecular weight is 302 g/mol. The van der Waals surface area contributed by atoms with Crippen molar-refractivity contribution in [2.75, 3.05) is 18.4 Å². The Morgan fingerprint density at radius 2 is 1.95 bits per heavy atom. The van der Waals surface area contributed by atoms with Crippen molar-refractivity contribution < 1.29 is 9.53 Å². The van der Waals surface area contributed by atoms with Gasteiger partial charge in [0.25, 0.3) is 0 Å². The summed E-state index contributed by atoms with van der Waals surface area (Å²) in [5.74, 6) is 0. The molecule has 1 fully saturated rings. The van der Waals surface area contributed by atoms with E-state index in [1.807, 2.05) is 41.1 Å². The van der Waals surface area contributed by atoms with Crippen LogP contribution in [0, 0.1) is 0 Å². The Bertz CT molecular complexity index is 591. The summed E-state index contributed by atoms with van der Waals surface area (Å²) in [6, 6.07) is 10.0. The van der Waals surface area contributed by atoms with E-state index in [1.165, 1.54) is 0 Å². The third-order valence-electron chi connectivity index (χ3n) is 3.54. The van der Waals surface area contributed by atoms with Crippen molar-refractivity contribution in [3.63, 3.8) is 0 Å². The predicted octanol–water partition coefficient (Wildman–Crippen LogP) is 3.72. The van der Waals surface area contributed by atoms with Gasteiger partial charge in [0.2, 0.25) is 0 Å². The van der Waals surface area contributed by atoms with Crippen LogP contribution in [0.15, 0.2) is 41.1 Å². The Morgan fingerprint density at radius 3 is 2.71 bits per heavy atom. The maximum atomic E-state index is 12.0. The molecule has 21 heavy (non-hydrogen) atoms. The van der Waals surface area contributed by atoms with Crippen LogP contribution in [-0.2, 0) is 4.74 Å². The van der Waals surface area contributed by atoms with Crippen LogP contribution < -0.4 is 10.6 Å². The summed E-state index contributed by atoms with van der Waals surface area (Å²) >= 11 is 1.57. The van der Waals surface area contributed by atoms with Crippen LogP contribution in [0.5, 0.6) is 0 Å². The average Bonchev–Trinajstić information content (AvgIpc) is 2.97. The minimum atomic E-state index is -0.363. The number of hydrogen-bond acceptors (Lipinski definition) is 4. The molecule has 0 unspecified atom stereocenters. The number of carbonyl (C=O) groups is 1. The number of anilines is 1. The van der Waals surface area contributed by atoms with Crippen molar-refractivity contribution in [2.45, 2.75) is 18.9 Å². The number of rotatable bonds is 3. The van der Waals surface area contributed by atoms with Gasteiger partial charge in [-0.1, -0.05) is 30.3 Å². The molecule has 1 amide bonds. The highest BCUT2D eigenvalue weighted by Crippen LogP contribution is 2.31. The molecule has 110 valence electrons. The summed E-state index contributed by atoms with van der Waals surface area (Å²) in [5, 5.41) is 10.1. The number of amides is 1. The van der Waals surface area contributed by atoms with E-state index in [9.17, 15) is 4.79 Å². The van der Waals surface area contributed by atoms with Crippen molar-refractivity contribution in [2.24, 2.45) is 0 Å². The number of nitrogens with one attached hydrogen (secondary N) is 2. The fourth-order valence-electron chi connectivity index (χ4n) is 2.44. The van der Waals surface area contributed by atoms with Gasteiger partial charge in [0.05, 0.1) is 5.69 Å². The minimum absolute atomic E-state index is 0.0186. The number of ether oxygens (including phenoxy) is 1. The highest BCUT2D eigenvalue weighted by Gasteiger charge is 2.18. The second kappa shape index (κ2) is 6.74. The third-order valence-corrected chi connectivity index (χ3v) is 4.29. The molecule has 1 aromatic carbocycles. The monoisotopic (exact) mass is 302 g/mol. The SMILES string of the molecule is O=C(Nc1cscc1-c1ccccc1)OC1CCNCC1. The lowest BCUT2D eigenvalue weighted by molar-refractivity contribution is 0.0909. The number of benzene rings is 1. The second-order valence-corrected chi connectivity index (χ2v) is 5.79. The summed E-state index contributed by atoms with van der Waals surface area (Å²) in [7, 11) is 0. The largest absolute Gasteiger partial charge is 0.446 e. The maximum Gasteiger partial charge on any atom is 0.411 e. The molecule has 0 bridgehead atoms. The van der Waals surface area contributed by atoms with Gasteiger partial charge in [0.15, 0.2) is 0 Å². The van der Waals surface area contributed by atoms with Crippen LogP contribution in [0.2, 0.25) is 0 Å². The fourth-order valence-corrected chi connectivity index (χ4v) is 3.23. The van der Waals surface area contributed by atoms with Crippen molar-refractivity contribution in [3.05, 3.63) is 41.1 Å². The molecule has 5 heteroatoms. The molecule has 2 aromatic rings. The van der Waals surface area contributed by atoms with E-state index in [0.717, 1.165) is 42.7 Å². The summed E-state index contributed by atoms with van der Waals surface area (Å²) in [6.45, 7) is 1.82. The molecule has 1 aliphatic rings. The van der Waals surface area contributed by atoms with Gasteiger partial charge in [-0.25, -0.2) is 4.79 Å². The summed E-state index contributed by atoms with van der Waals surface area (Å²) in [4.78, 5) is 12.0. The number of piperidine rings is 1. The van der Waals surface area contributed by atoms with Crippen LogP contribution >= 0.6 is 11.3 Å². The maximum absolute atomic E-state index is 12.0. The van der Waals surface area contributed by atoms with Gasteiger partial charge in [-0.05, 0) is 31.5 Å². The molecule has 4 nitrogen and oxygen atoms in total. The van der Waals surface area contributed by atoms with E-state index in [0.29, 0.717) is 0 Å². The van der Waals surface area contributed by atoms with Gasteiger partial charge in [-0.15, -0.1) is 11.3 Å². The van der Waals surface area contributed by atoms with Crippen LogP contribution in [0.3, 0.4) is 0 Å². The predicted molar refractivity (Wildman–Crippen MR) is 85.8 cm³/mol. The summed E-state index contributed by atoms with van der Waals surface area (Å²) in [5.41, 5.74) is 2.93. The van der Waals surface area contributed by atoms with Crippen LogP contribution in [0.1, 0.15) is 12.8 Å². The van der Waals surface area contributed by atoms with E-state index in [4.69, 9.17) is 4.74 Å². The minimum Gasteiger partial charge on any atom is -0.446 e. The lowest BCUT2D eigenvalue weighted by atomic mass is 10.1. The first-order valence-electron chi connectivity index (χ1n) is 7.13. The van der Waals surface area contributed by atoms with Crippen LogP contribution in [0.4, 0.5) is 10.5 Å². The zero-order valence-electron chi connectivity index (χ0n) is 11.7. The first kappa shape index (κ1) is 14.1. The number of carbonyl (C=O) groups excluding carboxylic acids is 1. The Kier molecular flexibility index (Phi) is 4.52. The Balaban J connectivity index is 1.65. The van der Waals surface area contributed by atoms with Gasteiger partial charge in [-0.2, -0.15) is 0 Å². The first-order chi connectivity index (χ1) is 10.3. The van der Waals surface area contributed by atoms with Gasteiger partial charge in [0, 0.05) is 16.3 Å². The van der Waals surface area contributed by atoms with Crippen LogP contribution in [0.25, 0.3) is 11.1 Å². The lowest BCUT2D eigenvalue weighted by Gasteiger charge is -2.22. The Morgan fingerprint density at radius 1 is 1.19 bits per heavy atom. The van der Waals surface area contributed by atoms with E-state index in [2.05, 4.69) is 10.6 Å². The van der Waals surface area contributed by atoms with Gasteiger partial charge in [0.1, 0.15) is 6.10 Å². The van der Waals surface area contributed by atoms with E-state index in [1.54, 1.807) is 11.3 Å². The van der Waals surface area contributed by atoms with Gasteiger partial charge in [-0.3, -0.25) is 5.32 Å². The normalized spacial score (nSPS) is 15.6. The highest BCUT2D eigenvalue weighted by atomic mass is 32.1. The van der Waals surface area contributed by atoms with E-state index >= 15 is 0 Å². The second-order valence-electron chi connectivity index (χ2n) is 5.04. The molecular weight excluding hydrogens is 284 g/mol. The molecule has 0 spiro atoms. The molecule has 1 aliphatic heterocycles. The molecule has 0 atom stereocenters. The molecule has 0 radical (unpaired) electrons. The zero-order chi connectivity index (χ0) is 14.5. The van der Waals surface area contributed by atoms with E-state index < -0.39 is 0 Å². The smallest absolute Gasteiger partial charge is 0.411 e. The molecular formula is C16H18N2O2S. The van der Waals surface area contributed by atoms with Crippen molar-refractivity contribution in [1.82, 2.24) is 5.32 Å². The van der Waals surface area contributed by atoms with Crippen LogP contribution in [-0.4, -0.2) is 25.3 Å². The van der Waals surface area contributed by atoms with Gasteiger partial charge >= 0.3 is 6.09 Å². The van der Waals surface area contributed by atoms with Gasteiger partial charge < -0.3 is 10.1 Å². The van der Waals surface area contributed by atoms with Crippen molar-refractivity contribution in [3.8, 4) is 11.1 Å². The molecule has 2 N–H and O–H groups in total. The molecule has 2 heterocycles. The molecule has 1 saturated heterocycles. The number of thiophene rings is 1. The molecule has 0 saturated carbocycles. The van der Waals surface area contributed by atoms with Crippen molar-refractivity contribution in [1.29, 1.82) is 0 Å². The Hall–Kier alpha value is -1.85. The Labute approximate surface area is 128 Å². The summed E-state index contributed by atoms with van der Waals surface area (Å²) < 4.78 is 5.47. The highest BCUT2D eigenvalue weighted by molar-refractivity contribution is 7.08.